The van der Waals surface area contributed by atoms with Crippen molar-refractivity contribution in [1.29, 1.82) is 0 Å². The van der Waals surface area contributed by atoms with Gasteiger partial charge in [0.1, 0.15) is 28.5 Å². The van der Waals surface area contributed by atoms with Crippen molar-refractivity contribution in [3.05, 3.63) is 121 Å². The van der Waals surface area contributed by atoms with Crippen molar-refractivity contribution in [2.45, 2.75) is 0 Å². The summed E-state index contributed by atoms with van der Waals surface area (Å²) in [5.74, 6) is 0. The van der Waals surface area contributed by atoms with Crippen LogP contribution in [-0.4, -0.2) is 0 Å². The third-order valence-corrected chi connectivity index (χ3v) is 8.86. The Balaban J connectivity index is 0.00000131. The number of hydrogen-bond donors (Lipinski definition) is 0. The second-order valence-electron chi connectivity index (χ2n) is 6.01. The molecule has 28 heavy (non-hydrogen) atoms. The van der Waals surface area contributed by atoms with Crippen LogP contribution in [0.4, 0.5) is 0 Å². The molecule has 0 aliphatic carbocycles. The van der Waals surface area contributed by atoms with Crippen molar-refractivity contribution in [3.63, 3.8) is 0 Å². The van der Waals surface area contributed by atoms with Gasteiger partial charge in [0.2, 0.25) is 0 Å². The van der Waals surface area contributed by atoms with Crippen LogP contribution in [-0.2, 0) is 40.8 Å². The molecule has 4 heteroatoms. The van der Waals surface area contributed by atoms with Crippen LogP contribution in [0.25, 0.3) is 0 Å². The van der Waals surface area contributed by atoms with E-state index in [1.54, 1.807) is 0 Å². The maximum Gasteiger partial charge on any atom is 0.144 e. The second-order valence-corrected chi connectivity index (χ2v) is 9.42. The summed E-state index contributed by atoms with van der Waals surface area (Å²) in [7, 11) is -1.91. The monoisotopic (exact) mass is 585 g/mol. The summed E-state index contributed by atoms with van der Waals surface area (Å²) in [6, 6.07) is 43.8. The molecule has 0 bridgehead atoms. The average Bonchev–Trinajstić information content (AvgIpc) is 2.72. The quantitative estimate of drug-likeness (QED) is 0.247. The van der Waals surface area contributed by atoms with Gasteiger partial charge in [-0.15, -0.1) is 0 Å². The van der Waals surface area contributed by atoms with Gasteiger partial charge in [-0.25, -0.2) is 0 Å². The van der Waals surface area contributed by atoms with Gasteiger partial charge >= 0.3 is 0 Å². The molecule has 0 radical (unpaired) electrons. The molecule has 4 rings (SSSR count). The van der Waals surface area contributed by atoms with Crippen LogP contribution in [0.5, 0.6) is 0 Å². The molecule has 0 amide bonds. The molecule has 0 nitrogen and oxygen atoms in total. The first-order chi connectivity index (χ1) is 12.4. The number of benzene rings is 4. The SMILES string of the molecule is P.[Pd].[Pd].c1ccc([P+](c2ccccc2)(c2ccccc2)c2ccccc2)cc1. The minimum absolute atomic E-state index is 0. The van der Waals surface area contributed by atoms with Crippen LogP contribution in [0.3, 0.4) is 0 Å². The van der Waals surface area contributed by atoms with Gasteiger partial charge in [0, 0.05) is 40.8 Å². The van der Waals surface area contributed by atoms with Crippen LogP contribution in [0.2, 0.25) is 0 Å². The molecule has 0 fully saturated rings. The Labute approximate surface area is 199 Å². The zero-order chi connectivity index (χ0) is 17.0. The molecule has 0 aliphatic rings. The number of hydrogen-bond acceptors (Lipinski definition) is 0. The van der Waals surface area contributed by atoms with Crippen LogP contribution >= 0.6 is 17.2 Å². The summed E-state index contributed by atoms with van der Waals surface area (Å²) >= 11 is 0. The zero-order valence-corrected chi connectivity index (χ0v) is 20.8. The van der Waals surface area contributed by atoms with Crippen LogP contribution < -0.4 is 21.2 Å². The molecule has 0 aromatic heterocycles. The van der Waals surface area contributed by atoms with Crippen molar-refractivity contribution in [2.24, 2.45) is 0 Å². The molecule has 0 saturated carbocycles. The molecule has 4 aromatic rings. The van der Waals surface area contributed by atoms with Crippen molar-refractivity contribution in [3.8, 4) is 0 Å². The maximum absolute atomic E-state index is 2.28. The van der Waals surface area contributed by atoms with E-state index in [9.17, 15) is 0 Å². The first-order valence-electron chi connectivity index (χ1n) is 8.54. The van der Waals surface area contributed by atoms with Crippen molar-refractivity contribution >= 4 is 38.4 Å². The normalized spacial score (nSPS) is 10.0. The molecule has 0 spiro atoms. The zero-order valence-electron chi connectivity index (χ0n) is 15.3. The van der Waals surface area contributed by atoms with E-state index in [1.165, 1.54) is 21.2 Å². The molecule has 0 N–H and O–H groups in total. The second kappa shape index (κ2) is 11.9. The molecule has 1 unspecified atom stereocenters. The summed E-state index contributed by atoms with van der Waals surface area (Å²) in [6.45, 7) is 0. The van der Waals surface area contributed by atoms with Gasteiger partial charge in [0.25, 0.3) is 0 Å². The van der Waals surface area contributed by atoms with Crippen molar-refractivity contribution in [2.75, 3.05) is 0 Å². The fourth-order valence-corrected chi connectivity index (χ4v) is 7.77. The van der Waals surface area contributed by atoms with E-state index in [0.29, 0.717) is 0 Å². The predicted molar refractivity (Wildman–Crippen MR) is 122 cm³/mol. The molecular weight excluding hydrogens is 563 g/mol. The van der Waals surface area contributed by atoms with Gasteiger partial charge in [-0.2, -0.15) is 9.90 Å². The first-order valence-corrected chi connectivity index (χ1v) is 10.3. The van der Waals surface area contributed by atoms with E-state index in [2.05, 4.69) is 121 Å². The predicted octanol–water partition coefficient (Wildman–Crippen LogP) is 4.36. The standard InChI is InChI=1S/C24H20P.H3P.2Pd/c1-5-13-21(14-6-1)25(22-15-7-2-8-16-22,23-17-9-3-10-18-23)24-19-11-4-12-20-24;;;/h1-20H;1H3;;/q+1;;;. The van der Waals surface area contributed by atoms with Gasteiger partial charge < -0.3 is 0 Å². The topological polar surface area (TPSA) is 0 Å². The summed E-state index contributed by atoms with van der Waals surface area (Å²) in [4.78, 5) is 0. The third kappa shape index (κ3) is 4.79. The van der Waals surface area contributed by atoms with Crippen molar-refractivity contribution < 1.29 is 40.8 Å². The van der Waals surface area contributed by atoms with E-state index in [-0.39, 0.29) is 50.7 Å². The van der Waals surface area contributed by atoms with E-state index >= 15 is 0 Å². The first kappa shape index (κ1) is 25.1. The number of rotatable bonds is 4. The smallest absolute Gasteiger partial charge is 0.144 e. The molecule has 0 heterocycles. The van der Waals surface area contributed by atoms with Crippen LogP contribution in [0.1, 0.15) is 0 Å². The minimum atomic E-state index is -1.91. The molecule has 0 aliphatic heterocycles. The van der Waals surface area contributed by atoms with Gasteiger partial charge in [0.05, 0.1) is 0 Å². The molecule has 0 saturated heterocycles. The fourth-order valence-electron chi connectivity index (χ4n) is 3.50. The Morgan fingerprint density at radius 3 is 0.679 bits per heavy atom. The summed E-state index contributed by atoms with van der Waals surface area (Å²) in [6.07, 6.45) is 0. The molecule has 1 atom stereocenters. The van der Waals surface area contributed by atoms with Gasteiger partial charge in [-0.3, -0.25) is 0 Å². The Hall–Kier alpha value is -0.935. The van der Waals surface area contributed by atoms with Gasteiger partial charge in [-0.1, -0.05) is 72.8 Å². The van der Waals surface area contributed by atoms with Gasteiger partial charge in [-0.05, 0) is 48.5 Å². The Kier molecular flexibility index (Phi) is 10.7. The largest absolute Gasteiger partial charge is 0.153 e. The summed E-state index contributed by atoms with van der Waals surface area (Å²) < 4.78 is 0. The third-order valence-electron chi connectivity index (χ3n) is 4.57. The minimum Gasteiger partial charge on any atom is -0.153 e. The molecule has 4 aromatic carbocycles. The van der Waals surface area contributed by atoms with Crippen LogP contribution in [0, 0.1) is 0 Å². The molecular formula is C24H23P2Pd2+. The Bertz CT molecular complexity index is 768. The average molecular weight is 586 g/mol. The Morgan fingerprint density at radius 2 is 0.500 bits per heavy atom. The fraction of sp³-hybridized carbons (Fsp3) is 0. The maximum atomic E-state index is 2.28. The molecule has 148 valence electrons. The Morgan fingerprint density at radius 1 is 0.321 bits per heavy atom. The van der Waals surface area contributed by atoms with E-state index in [0.717, 1.165) is 0 Å². The van der Waals surface area contributed by atoms with Crippen LogP contribution in [0.15, 0.2) is 121 Å². The van der Waals surface area contributed by atoms with E-state index in [4.69, 9.17) is 0 Å². The summed E-state index contributed by atoms with van der Waals surface area (Å²) in [5, 5.41) is 5.55. The van der Waals surface area contributed by atoms with Gasteiger partial charge in [0.15, 0.2) is 0 Å². The van der Waals surface area contributed by atoms with E-state index in [1.807, 2.05) is 0 Å². The van der Waals surface area contributed by atoms with Crippen molar-refractivity contribution in [1.82, 2.24) is 0 Å². The summed E-state index contributed by atoms with van der Waals surface area (Å²) in [5.41, 5.74) is 0. The van der Waals surface area contributed by atoms with E-state index < -0.39 is 7.26 Å².